The largest absolute Gasteiger partial charge is 0.346 e. The lowest BCUT2D eigenvalue weighted by Crippen LogP contribution is -3.11. The third kappa shape index (κ3) is 4.47. The second-order valence-electron chi connectivity index (χ2n) is 9.23. The zero-order valence-electron chi connectivity index (χ0n) is 16.2. The Morgan fingerprint density at radius 3 is 2.14 bits per heavy atom. The van der Waals surface area contributed by atoms with Crippen LogP contribution in [0.5, 0.6) is 0 Å². The van der Waals surface area contributed by atoms with Gasteiger partial charge in [-0.15, -0.1) is 0 Å². The molecule has 0 saturated heterocycles. The van der Waals surface area contributed by atoms with Crippen LogP contribution in [-0.2, 0) is 9.59 Å². The SMILES string of the molecule is C[NH+](CC(=O)Nc1ccc(Cl)c(Cl)c1)CC(=O)NC12CC3CC(CC(C3)C1)C2. The maximum Gasteiger partial charge on any atom is 0.279 e. The summed E-state index contributed by atoms with van der Waals surface area (Å²) >= 11 is 11.9. The first-order valence-corrected chi connectivity index (χ1v) is 10.9. The first-order chi connectivity index (χ1) is 13.3. The molecule has 0 heterocycles. The lowest BCUT2D eigenvalue weighted by Gasteiger charge is -2.56. The fraction of sp³-hybridized carbons (Fsp3) is 0.619. The minimum Gasteiger partial charge on any atom is -0.346 e. The lowest BCUT2D eigenvalue weighted by molar-refractivity contribution is -0.862. The molecule has 28 heavy (non-hydrogen) atoms. The molecule has 2 amide bonds. The normalized spacial score (nSPS) is 31.5. The Hall–Kier alpha value is -1.30. The number of halogens is 2. The molecule has 4 aliphatic carbocycles. The molecule has 5 nitrogen and oxygen atoms in total. The molecular weight excluding hydrogens is 397 g/mol. The minimum absolute atomic E-state index is 0.0223. The van der Waals surface area contributed by atoms with Crippen LogP contribution in [-0.4, -0.2) is 37.5 Å². The average Bonchev–Trinajstić information content (AvgIpc) is 2.55. The highest BCUT2D eigenvalue weighted by Crippen LogP contribution is 2.55. The van der Waals surface area contributed by atoms with Crippen molar-refractivity contribution in [2.75, 3.05) is 25.5 Å². The van der Waals surface area contributed by atoms with Gasteiger partial charge in [-0.2, -0.15) is 0 Å². The van der Waals surface area contributed by atoms with Crippen molar-refractivity contribution in [1.29, 1.82) is 0 Å². The second kappa shape index (κ2) is 7.85. The van der Waals surface area contributed by atoms with E-state index in [-0.39, 0.29) is 23.9 Å². The van der Waals surface area contributed by atoms with Gasteiger partial charge >= 0.3 is 0 Å². The molecule has 0 spiro atoms. The molecule has 0 radical (unpaired) electrons. The standard InChI is InChI=1S/C21H27Cl2N3O2/c1-26(11-19(27)24-16-2-3-17(22)18(23)7-16)12-20(28)25-21-8-13-4-14(9-21)6-15(5-13)10-21/h2-3,7,13-15H,4-6,8-12H2,1H3,(H,24,27)(H,25,28)/p+1. The summed E-state index contributed by atoms with van der Waals surface area (Å²) in [6.45, 7) is 0.519. The van der Waals surface area contributed by atoms with Gasteiger partial charge in [0.25, 0.3) is 11.8 Å². The van der Waals surface area contributed by atoms with Crippen LogP contribution in [0.3, 0.4) is 0 Å². The van der Waals surface area contributed by atoms with Gasteiger partial charge in [0.15, 0.2) is 13.1 Å². The van der Waals surface area contributed by atoms with E-state index in [4.69, 9.17) is 23.2 Å². The van der Waals surface area contributed by atoms with E-state index in [9.17, 15) is 9.59 Å². The van der Waals surface area contributed by atoms with E-state index < -0.39 is 0 Å². The maximum absolute atomic E-state index is 12.7. The predicted molar refractivity (Wildman–Crippen MR) is 111 cm³/mol. The molecule has 4 saturated carbocycles. The van der Waals surface area contributed by atoms with Crippen molar-refractivity contribution in [2.24, 2.45) is 17.8 Å². The number of hydrogen-bond donors (Lipinski definition) is 3. The third-order valence-corrected chi connectivity index (χ3v) is 7.31. The Labute approximate surface area is 176 Å². The van der Waals surface area contributed by atoms with Gasteiger partial charge in [0.2, 0.25) is 0 Å². The van der Waals surface area contributed by atoms with Crippen LogP contribution in [0.2, 0.25) is 10.0 Å². The van der Waals surface area contributed by atoms with Gasteiger partial charge in [-0.1, -0.05) is 23.2 Å². The topological polar surface area (TPSA) is 62.6 Å². The number of likely N-dealkylation sites (N-methyl/N-ethyl adjacent to an activating group) is 1. The molecule has 5 rings (SSSR count). The van der Waals surface area contributed by atoms with Gasteiger partial charge in [0.05, 0.1) is 17.1 Å². The molecule has 0 aliphatic heterocycles. The van der Waals surface area contributed by atoms with Gasteiger partial charge in [0.1, 0.15) is 0 Å². The summed E-state index contributed by atoms with van der Waals surface area (Å²) in [7, 11) is 1.87. The van der Waals surface area contributed by atoms with Gasteiger partial charge in [-0.05, 0) is 74.5 Å². The average molecular weight is 425 g/mol. The summed E-state index contributed by atoms with van der Waals surface area (Å²) < 4.78 is 0. The van der Waals surface area contributed by atoms with Crippen LogP contribution < -0.4 is 15.5 Å². The Morgan fingerprint density at radius 1 is 1.00 bits per heavy atom. The van der Waals surface area contributed by atoms with Crippen LogP contribution in [0.25, 0.3) is 0 Å². The Kier molecular flexibility index (Phi) is 5.60. The molecule has 1 unspecified atom stereocenters. The lowest BCUT2D eigenvalue weighted by atomic mass is 9.53. The molecule has 1 aromatic rings. The van der Waals surface area contributed by atoms with E-state index in [1.807, 2.05) is 7.05 Å². The van der Waals surface area contributed by atoms with Gasteiger partial charge in [-0.25, -0.2) is 0 Å². The van der Waals surface area contributed by atoms with Crippen molar-refractivity contribution in [1.82, 2.24) is 5.32 Å². The molecular formula is C21H28Cl2N3O2+. The molecule has 4 bridgehead atoms. The Balaban J connectivity index is 1.26. The third-order valence-electron chi connectivity index (χ3n) is 6.57. The summed E-state index contributed by atoms with van der Waals surface area (Å²) in [5, 5.41) is 7.02. The van der Waals surface area contributed by atoms with Crippen LogP contribution >= 0.6 is 23.2 Å². The summed E-state index contributed by atoms with van der Waals surface area (Å²) in [6.07, 6.45) is 7.49. The molecule has 152 valence electrons. The number of anilines is 1. The number of nitrogens with one attached hydrogen (secondary N) is 3. The first kappa shape index (κ1) is 20.0. The van der Waals surface area contributed by atoms with E-state index in [1.54, 1.807) is 18.2 Å². The van der Waals surface area contributed by atoms with E-state index in [0.717, 1.165) is 41.9 Å². The number of carbonyl (C=O) groups excluding carboxylic acids is 2. The zero-order chi connectivity index (χ0) is 19.9. The summed E-state index contributed by atoms with van der Waals surface area (Å²) in [5.74, 6) is 2.30. The van der Waals surface area contributed by atoms with Crippen molar-refractivity contribution in [3.63, 3.8) is 0 Å². The molecule has 3 N–H and O–H groups in total. The summed E-state index contributed by atoms with van der Waals surface area (Å²) in [6, 6.07) is 4.98. The van der Waals surface area contributed by atoms with Crippen LogP contribution in [0.15, 0.2) is 18.2 Å². The van der Waals surface area contributed by atoms with Gasteiger partial charge in [0, 0.05) is 11.2 Å². The number of carbonyl (C=O) groups is 2. The highest BCUT2D eigenvalue weighted by Gasteiger charge is 2.51. The van der Waals surface area contributed by atoms with Crippen molar-refractivity contribution >= 4 is 40.7 Å². The molecule has 1 atom stereocenters. The van der Waals surface area contributed by atoms with Crippen molar-refractivity contribution in [3.05, 3.63) is 28.2 Å². The highest BCUT2D eigenvalue weighted by atomic mass is 35.5. The number of quaternary nitrogens is 1. The van der Waals surface area contributed by atoms with Crippen molar-refractivity contribution < 1.29 is 14.5 Å². The van der Waals surface area contributed by atoms with E-state index >= 15 is 0 Å². The van der Waals surface area contributed by atoms with E-state index in [1.165, 1.54) is 19.3 Å². The van der Waals surface area contributed by atoms with Crippen molar-refractivity contribution in [2.45, 2.75) is 44.1 Å². The molecule has 4 fully saturated rings. The monoisotopic (exact) mass is 424 g/mol. The van der Waals surface area contributed by atoms with Crippen LogP contribution in [0, 0.1) is 17.8 Å². The number of hydrogen-bond acceptors (Lipinski definition) is 2. The quantitative estimate of drug-likeness (QED) is 0.656. The molecule has 4 aliphatic rings. The van der Waals surface area contributed by atoms with Crippen molar-refractivity contribution in [3.8, 4) is 0 Å². The van der Waals surface area contributed by atoms with Gasteiger partial charge in [-0.3, -0.25) is 9.59 Å². The highest BCUT2D eigenvalue weighted by molar-refractivity contribution is 6.42. The first-order valence-electron chi connectivity index (χ1n) is 10.2. The van der Waals surface area contributed by atoms with E-state index in [2.05, 4.69) is 10.6 Å². The second-order valence-corrected chi connectivity index (χ2v) is 10.0. The minimum atomic E-state index is -0.154. The number of amides is 2. The summed E-state index contributed by atoms with van der Waals surface area (Å²) in [5.41, 5.74) is 0.624. The summed E-state index contributed by atoms with van der Waals surface area (Å²) in [4.78, 5) is 25.8. The fourth-order valence-electron chi connectivity index (χ4n) is 5.99. The number of rotatable bonds is 6. The molecule has 7 heteroatoms. The van der Waals surface area contributed by atoms with Crippen LogP contribution in [0.4, 0.5) is 5.69 Å². The fourth-order valence-corrected chi connectivity index (χ4v) is 6.29. The van der Waals surface area contributed by atoms with E-state index in [0.29, 0.717) is 22.3 Å². The predicted octanol–water partition coefficient (Wildman–Crippen LogP) is 2.53. The smallest absolute Gasteiger partial charge is 0.279 e. The molecule has 0 aromatic heterocycles. The number of benzene rings is 1. The Morgan fingerprint density at radius 2 is 1.57 bits per heavy atom. The molecule has 1 aromatic carbocycles. The zero-order valence-corrected chi connectivity index (χ0v) is 17.7. The van der Waals surface area contributed by atoms with Gasteiger partial charge < -0.3 is 15.5 Å². The maximum atomic E-state index is 12.7. The Bertz CT molecular complexity index is 748. The van der Waals surface area contributed by atoms with Crippen LogP contribution in [0.1, 0.15) is 38.5 Å².